The lowest BCUT2D eigenvalue weighted by Gasteiger charge is -2.50. The Bertz CT molecular complexity index is 2180. The molecule has 30 aliphatic heterocycles. The van der Waals surface area contributed by atoms with Crippen LogP contribution in [0.4, 0.5) is 0 Å². The molecular formula is C50H80O42. The molecule has 40 atom stereocenters. The molecule has 0 aromatic rings. The zero-order chi connectivity index (χ0) is 67.2. The number of aliphatic carboxylic acids is 2. The molecule has 42 heteroatoms. The van der Waals surface area contributed by atoms with Gasteiger partial charge in [-0.1, -0.05) is 0 Å². The zero-order valence-electron chi connectivity index (χ0n) is 47.8. The monoisotopic (exact) mass is 1350 g/mol. The molecule has 30 heterocycles. The minimum atomic E-state index is -2.35. The summed E-state index contributed by atoms with van der Waals surface area (Å²) in [6, 6.07) is 0. The van der Waals surface area contributed by atoms with Gasteiger partial charge in [0, 0.05) is 0 Å². The maximum Gasteiger partial charge on any atom is 0.306 e. The van der Waals surface area contributed by atoms with Crippen molar-refractivity contribution >= 4 is 11.9 Å². The Hall–Kier alpha value is -2.58. The first-order chi connectivity index (χ1) is 43.6. The van der Waals surface area contributed by atoms with E-state index in [1.165, 1.54) is 0 Å². The highest BCUT2D eigenvalue weighted by Gasteiger charge is 2.60. The van der Waals surface area contributed by atoms with Crippen LogP contribution in [0.15, 0.2) is 0 Å². The predicted molar refractivity (Wildman–Crippen MR) is 271 cm³/mol. The lowest BCUT2D eigenvalue weighted by atomic mass is 9.94. The van der Waals surface area contributed by atoms with Gasteiger partial charge in [-0.05, 0) is 0 Å². The smallest absolute Gasteiger partial charge is 0.306 e. The van der Waals surface area contributed by atoms with Gasteiger partial charge in [-0.25, -0.2) is 0 Å². The van der Waals surface area contributed by atoms with Gasteiger partial charge in [-0.15, -0.1) is 0 Å². The Kier molecular flexibility index (Phi) is 24.9. The van der Waals surface area contributed by atoms with Crippen LogP contribution in [-0.2, 0) is 85.4 Å². The van der Waals surface area contributed by atoms with Crippen LogP contribution in [0.25, 0.3) is 0 Å². The molecule has 30 saturated heterocycles. The first kappa shape index (κ1) is 73.7. The number of aliphatic hydroxyl groups is 22. The van der Waals surface area contributed by atoms with Gasteiger partial charge >= 0.3 is 11.9 Å². The van der Waals surface area contributed by atoms with Crippen molar-refractivity contribution in [2.24, 2.45) is 0 Å². The molecule has 0 aliphatic carbocycles. The third-order valence-corrected chi connectivity index (χ3v) is 17.3. The topological polar surface area (TPSA) is 667 Å². The van der Waals surface area contributed by atoms with E-state index < -0.39 is 310 Å². The van der Waals surface area contributed by atoms with Crippen LogP contribution in [-0.4, -0.2) is 420 Å². The molecule has 0 aromatic carbocycles. The Morgan fingerprint density at radius 3 is 0.435 bits per heavy atom. The SMILES string of the molecule is O=C(O)C[C@H]1O[C@@H]2O[C@H]3[C@H](O)[C@@H](O)[C@@H](O[C@H]4[C@H](O)[C@@H](O)[C@@H](O[C@H]5[C@H](O)[C@@H](O)[C@@H](O[C@H]6[C@H](O)[C@@H](O)[C@@H](O[C@H]7[C@@H](O)[C@H](O)[C@@H](O[C@H]8[C@H](O)[C@H](O)[C@@H](O[C@H]9[C@@H](O)[C@H](O)[C@@H](O[C@H]1[C@H](O)[C@H]2O)O[C@@H]9CO)O[C@@H]8CO)O[C@@H]7CO)O[C@@H]6CC(=O)O)O[C@@H]5CO)O[C@@H]4CO)O[C@@H]3CO. The highest BCUT2D eigenvalue weighted by Crippen LogP contribution is 2.40. The second-order valence-electron chi connectivity index (χ2n) is 23.3. The summed E-state index contributed by atoms with van der Waals surface area (Å²) < 4.78 is 91.0. The Morgan fingerprint density at radius 1 is 0.196 bits per heavy atom. The maximum atomic E-state index is 12.2. The molecule has 0 unspecified atom stereocenters. The number of carbonyl (C=O) groups is 2. The first-order valence-electron chi connectivity index (χ1n) is 29.1. The third-order valence-electron chi connectivity index (χ3n) is 17.3. The summed E-state index contributed by atoms with van der Waals surface area (Å²) in [6.45, 7) is -6.81. The molecule has 16 bridgehead atoms. The van der Waals surface area contributed by atoms with Gasteiger partial charge in [0.05, 0.1) is 52.5 Å². The largest absolute Gasteiger partial charge is 0.481 e. The molecule has 30 fully saturated rings. The summed E-state index contributed by atoms with van der Waals surface area (Å²) in [6.07, 6.45) is -87.6. The minimum Gasteiger partial charge on any atom is -0.481 e. The van der Waals surface area contributed by atoms with Gasteiger partial charge in [0.1, 0.15) is 195 Å². The van der Waals surface area contributed by atoms with Crippen LogP contribution in [0.5, 0.6) is 0 Å². The van der Waals surface area contributed by atoms with E-state index in [1.54, 1.807) is 0 Å². The molecule has 30 aliphatic rings. The van der Waals surface area contributed by atoms with Crippen molar-refractivity contribution in [1.29, 1.82) is 0 Å². The second kappa shape index (κ2) is 31.1. The molecule has 92 heavy (non-hydrogen) atoms. The summed E-state index contributed by atoms with van der Waals surface area (Å²) in [5, 5.41) is 265. The Morgan fingerprint density at radius 2 is 0.315 bits per heavy atom. The van der Waals surface area contributed by atoms with Crippen LogP contribution in [0.2, 0.25) is 0 Å². The van der Waals surface area contributed by atoms with Gasteiger partial charge in [-0.3, -0.25) is 9.59 Å². The maximum absolute atomic E-state index is 12.2. The second-order valence-corrected chi connectivity index (χ2v) is 23.3. The van der Waals surface area contributed by atoms with Crippen molar-refractivity contribution < 1.29 is 208 Å². The molecule has 0 radical (unpaired) electrons. The van der Waals surface area contributed by atoms with Crippen LogP contribution in [0, 0.1) is 0 Å². The van der Waals surface area contributed by atoms with Crippen LogP contribution in [0.3, 0.4) is 0 Å². The van der Waals surface area contributed by atoms with E-state index in [9.17, 15) is 132 Å². The molecule has 0 aromatic heterocycles. The number of carboxylic acid groups (broad SMARTS) is 2. The van der Waals surface area contributed by atoms with Crippen LogP contribution < -0.4 is 0 Å². The van der Waals surface area contributed by atoms with Crippen molar-refractivity contribution in [2.75, 3.05) is 39.6 Å². The fourth-order valence-corrected chi connectivity index (χ4v) is 12.3. The molecule has 24 N–H and O–H groups in total. The molecule has 30 rings (SSSR count). The van der Waals surface area contributed by atoms with Crippen molar-refractivity contribution in [3.05, 3.63) is 0 Å². The van der Waals surface area contributed by atoms with Crippen LogP contribution >= 0.6 is 0 Å². The number of hydrogen-bond acceptors (Lipinski definition) is 40. The standard InChI is InChI=1S/C50H80O42/c51-3-11-37-23(65)31(73)47(81-11)91-41-15(7-55)84-50(34(76)26(41)68)90-40-14(6-54)80-46(30(72)22(40)64)86-36-10(2-18(59)60)78-44(28(70)20(36)62)88-38-12(4-52)82-48(32(74)24(38)66)92-42-16(8-56)83-49(33(75)25(42)67)89-39-13(5-53)79-45(29(71)21(39)63)85-35-9(1-17(57)58)77-43(87-37)27(69)19(35)61/h9-16,19-56,61-76H,1-8H2,(H,57,58)(H,59,60)/t9-,10-,11-,12-,13-,14-,15-,16-,19-,20-,21-,22+,23+,24-,25-,26-,27-,28-,29-,30+,31+,32-,33-,34+,35-,36-,37-,38-,39-,40-,41-,42-,43-,44-,45-,46-,47-,48-,49-,50-/m1/s1. The number of carboxylic acids is 2. The van der Waals surface area contributed by atoms with Crippen molar-refractivity contribution in [1.82, 2.24) is 0 Å². The molecule has 0 spiro atoms. The average molecular weight is 1350 g/mol. The van der Waals surface area contributed by atoms with E-state index in [2.05, 4.69) is 0 Å². The van der Waals surface area contributed by atoms with E-state index in [-0.39, 0.29) is 0 Å². The minimum absolute atomic E-state index is 1.12. The first-order valence-corrected chi connectivity index (χ1v) is 29.1. The van der Waals surface area contributed by atoms with Gasteiger partial charge in [0.2, 0.25) is 0 Å². The number of aliphatic hydroxyl groups excluding tert-OH is 22. The summed E-state index contributed by atoms with van der Waals surface area (Å²) in [4.78, 5) is 24.4. The summed E-state index contributed by atoms with van der Waals surface area (Å²) in [7, 11) is 0. The van der Waals surface area contributed by atoms with E-state index in [0.29, 0.717) is 0 Å². The Balaban J connectivity index is 0.997. The normalized spacial score (nSPS) is 53.4. The molecule has 532 valence electrons. The third kappa shape index (κ3) is 14.9. The summed E-state index contributed by atoms with van der Waals surface area (Å²) >= 11 is 0. The molecular weight excluding hydrogens is 1270 g/mol. The number of hydrogen-bond donors (Lipinski definition) is 24. The summed E-state index contributed by atoms with van der Waals surface area (Å²) in [5.41, 5.74) is 0. The van der Waals surface area contributed by atoms with E-state index in [4.69, 9.17) is 75.8 Å². The van der Waals surface area contributed by atoms with Gasteiger partial charge in [-0.2, -0.15) is 0 Å². The van der Waals surface area contributed by atoms with E-state index >= 15 is 0 Å². The van der Waals surface area contributed by atoms with Crippen LogP contribution in [0.1, 0.15) is 12.8 Å². The molecule has 42 nitrogen and oxygen atoms in total. The number of ether oxygens (including phenoxy) is 16. The lowest BCUT2D eigenvalue weighted by Crippen LogP contribution is -2.69. The zero-order valence-corrected chi connectivity index (χ0v) is 47.8. The molecule has 0 saturated carbocycles. The highest BCUT2D eigenvalue weighted by atomic mass is 16.8. The van der Waals surface area contributed by atoms with Gasteiger partial charge in [0.25, 0.3) is 0 Å². The van der Waals surface area contributed by atoms with Gasteiger partial charge < -0.3 is 198 Å². The van der Waals surface area contributed by atoms with Crippen molar-refractivity contribution in [2.45, 2.75) is 258 Å². The Labute approximate surface area is 517 Å². The van der Waals surface area contributed by atoms with E-state index in [0.717, 1.165) is 0 Å². The van der Waals surface area contributed by atoms with E-state index in [1.807, 2.05) is 0 Å². The number of rotatable bonds is 10. The molecule has 0 amide bonds. The highest BCUT2D eigenvalue weighted by molar-refractivity contribution is 5.67. The predicted octanol–water partition coefficient (Wildman–Crippen LogP) is -16.4. The quantitative estimate of drug-likeness (QED) is 0.0966. The van der Waals surface area contributed by atoms with Gasteiger partial charge in [0.15, 0.2) is 50.3 Å². The average Bonchev–Trinajstić information content (AvgIpc) is 0.790. The summed E-state index contributed by atoms with van der Waals surface area (Å²) in [5.74, 6) is -3.31. The fourth-order valence-electron chi connectivity index (χ4n) is 12.3. The van der Waals surface area contributed by atoms with Crippen molar-refractivity contribution in [3.8, 4) is 0 Å². The van der Waals surface area contributed by atoms with Crippen molar-refractivity contribution in [3.63, 3.8) is 0 Å². The lowest BCUT2D eigenvalue weighted by molar-refractivity contribution is -0.403. The fraction of sp³-hybridized carbons (Fsp3) is 0.960.